The largest absolute Gasteiger partial charge is 0.340 e. The van der Waals surface area contributed by atoms with Crippen LogP contribution >= 0.6 is 11.6 Å². The zero-order valence-electron chi connectivity index (χ0n) is 18.4. The SMILES string of the molecule is CC(C)C(NC(=O)c1ccccc1Cl)C(=O)NC(C(=O)Nc1ccccc1)c1ccccc1. The number of carbonyl (C=O) groups excluding carboxylic acids is 3. The van der Waals surface area contributed by atoms with Crippen LogP contribution in [0, 0.1) is 5.92 Å². The molecule has 3 N–H and O–H groups in total. The molecule has 170 valence electrons. The van der Waals surface area contributed by atoms with Crippen LogP contribution < -0.4 is 16.0 Å². The van der Waals surface area contributed by atoms with E-state index in [-0.39, 0.29) is 17.4 Å². The lowest BCUT2D eigenvalue weighted by atomic mass is 10.0. The van der Waals surface area contributed by atoms with Gasteiger partial charge in [0.1, 0.15) is 12.1 Å². The van der Waals surface area contributed by atoms with Crippen LogP contribution in [0.2, 0.25) is 5.02 Å². The third-order valence-electron chi connectivity index (χ3n) is 5.08. The topological polar surface area (TPSA) is 87.3 Å². The Hall–Kier alpha value is -3.64. The molecule has 0 spiro atoms. The molecular weight excluding hydrogens is 438 g/mol. The molecule has 0 aromatic heterocycles. The molecule has 0 aliphatic rings. The predicted octanol–water partition coefficient (Wildman–Crippen LogP) is 4.59. The maximum absolute atomic E-state index is 13.2. The monoisotopic (exact) mass is 463 g/mol. The summed E-state index contributed by atoms with van der Waals surface area (Å²) in [6, 6.07) is 22.8. The normalized spacial score (nSPS) is 12.5. The van der Waals surface area contributed by atoms with Crippen LogP contribution in [-0.4, -0.2) is 23.8 Å². The molecule has 0 heterocycles. The summed E-state index contributed by atoms with van der Waals surface area (Å²) in [5, 5.41) is 8.68. The van der Waals surface area contributed by atoms with E-state index < -0.39 is 23.9 Å². The number of para-hydroxylation sites is 1. The molecule has 3 aromatic carbocycles. The zero-order valence-corrected chi connectivity index (χ0v) is 19.2. The van der Waals surface area contributed by atoms with Crippen LogP contribution in [0.25, 0.3) is 0 Å². The highest BCUT2D eigenvalue weighted by Crippen LogP contribution is 2.18. The van der Waals surface area contributed by atoms with Crippen molar-refractivity contribution in [3.63, 3.8) is 0 Å². The molecule has 7 heteroatoms. The molecule has 0 aliphatic heterocycles. The van der Waals surface area contributed by atoms with Crippen LogP contribution in [-0.2, 0) is 9.59 Å². The van der Waals surface area contributed by atoms with Gasteiger partial charge in [0.25, 0.3) is 11.8 Å². The van der Waals surface area contributed by atoms with E-state index in [9.17, 15) is 14.4 Å². The van der Waals surface area contributed by atoms with Crippen molar-refractivity contribution in [2.45, 2.75) is 25.9 Å². The Morgan fingerprint density at radius 2 is 1.30 bits per heavy atom. The second-order valence-electron chi connectivity index (χ2n) is 7.88. The van der Waals surface area contributed by atoms with Crippen molar-refractivity contribution in [2.75, 3.05) is 5.32 Å². The Morgan fingerprint density at radius 3 is 1.91 bits per heavy atom. The van der Waals surface area contributed by atoms with E-state index in [2.05, 4.69) is 16.0 Å². The van der Waals surface area contributed by atoms with Crippen molar-refractivity contribution in [1.82, 2.24) is 10.6 Å². The van der Waals surface area contributed by atoms with Gasteiger partial charge in [0.15, 0.2) is 0 Å². The van der Waals surface area contributed by atoms with Gasteiger partial charge in [0.05, 0.1) is 10.6 Å². The fraction of sp³-hybridized carbons (Fsp3) is 0.192. The molecule has 0 radical (unpaired) electrons. The fourth-order valence-corrected chi connectivity index (χ4v) is 3.53. The Morgan fingerprint density at radius 1 is 0.727 bits per heavy atom. The van der Waals surface area contributed by atoms with Gasteiger partial charge >= 0.3 is 0 Å². The molecule has 0 saturated heterocycles. The van der Waals surface area contributed by atoms with Gasteiger partial charge in [-0.3, -0.25) is 14.4 Å². The highest BCUT2D eigenvalue weighted by molar-refractivity contribution is 6.33. The standard InChI is InChI=1S/C26H26ClN3O3/c1-17(2)22(29-24(31)20-15-9-10-16-21(20)27)25(32)30-23(18-11-5-3-6-12-18)26(33)28-19-13-7-4-8-14-19/h3-17,22-23H,1-2H3,(H,28,33)(H,29,31)(H,30,32). The van der Waals surface area contributed by atoms with Crippen LogP contribution in [0.1, 0.15) is 35.8 Å². The van der Waals surface area contributed by atoms with E-state index in [0.29, 0.717) is 16.3 Å². The van der Waals surface area contributed by atoms with Crippen molar-refractivity contribution < 1.29 is 14.4 Å². The highest BCUT2D eigenvalue weighted by atomic mass is 35.5. The van der Waals surface area contributed by atoms with Crippen molar-refractivity contribution in [3.8, 4) is 0 Å². The summed E-state index contributed by atoms with van der Waals surface area (Å²) in [4.78, 5) is 39.1. The highest BCUT2D eigenvalue weighted by Gasteiger charge is 2.30. The first-order valence-electron chi connectivity index (χ1n) is 10.6. The first-order chi connectivity index (χ1) is 15.9. The minimum Gasteiger partial charge on any atom is -0.340 e. The first-order valence-corrected chi connectivity index (χ1v) is 11.0. The summed E-state index contributed by atoms with van der Waals surface area (Å²) in [7, 11) is 0. The number of hydrogen-bond acceptors (Lipinski definition) is 3. The molecule has 0 saturated carbocycles. The molecule has 3 amide bonds. The molecule has 6 nitrogen and oxygen atoms in total. The summed E-state index contributed by atoms with van der Waals surface area (Å²) >= 11 is 6.13. The van der Waals surface area contributed by atoms with Crippen molar-refractivity contribution in [3.05, 3.63) is 101 Å². The van der Waals surface area contributed by atoms with Crippen LogP contribution in [0.15, 0.2) is 84.9 Å². The maximum Gasteiger partial charge on any atom is 0.253 e. The number of carbonyl (C=O) groups is 3. The number of halogens is 1. The lowest BCUT2D eigenvalue weighted by Gasteiger charge is -2.25. The minimum absolute atomic E-state index is 0.231. The van der Waals surface area contributed by atoms with Crippen molar-refractivity contribution in [1.29, 1.82) is 0 Å². The predicted molar refractivity (Wildman–Crippen MR) is 130 cm³/mol. The van der Waals surface area contributed by atoms with Gasteiger partial charge in [-0.25, -0.2) is 0 Å². The molecule has 33 heavy (non-hydrogen) atoms. The Labute approximate surface area is 198 Å². The zero-order chi connectivity index (χ0) is 23.8. The number of hydrogen-bond donors (Lipinski definition) is 3. The van der Waals surface area contributed by atoms with E-state index in [1.807, 2.05) is 38.1 Å². The number of anilines is 1. The molecule has 0 fully saturated rings. The van der Waals surface area contributed by atoms with Gasteiger partial charge in [-0.1, -0.05) is 86.1 Å². The average Bonchev–Trinajstić information content (AvgIpc) is 2.82. The summed E-state index contributed by atoms with van der Waals surface area (Å²) in [5.41, 5.74) is 1.52. The van der Waals surface area contributed by atoms with E-state index in [1.54, 1.807) is 60.7 Å². The second kappa shape index (κ2) is 11.3. The van der Waals surface area contributed by atoms with Crippen molar-refractivity contribution in [2.24, 2.45) is 5.92 Å². The fourth-order valence-electron chi connectivity index (χ4n) is 3.31. The molecular formula is C26H26ClN3O3. The van der Waals surface area contributed by atoms with Gasteiger partial charge in [-0.2, -0.15) is 0 Å². The smallest absolute Gasteiger partial charge is 0.253 e. The first kappa shape index (κ1) is 24.0. The Bertz CT molecular complexity index is 1100. The number of nitrogens with one attached hydrogen (secondary N) is 3. The van der Waals surface area contributed by atoms with Gasteiger partial charge in [-0.15, -0.1) is 0 Å². The summed E-state index contributed by atoms with van der Waals surface area (Å²) in [6.07, 6.45) is 0. The maximum atomic E-state index is 13.2. The third kappa shape index (κ3) is 6.43. The second-order valence-corrected chi connectivity index (χ2v) is 8.29. The van der Waals surface area contributed by atoms with Crippen LogP contribution in [0.3, 0.4) is 0 Å². The summed E-state index contributed by atoms with van der Waals surface area (Å²) in [5.74, 6) is -1.55. The molecule has 0 bridgehead atoms. The lowest BCUT2D eigenvalue weighted by Crippen LogP contribution is -2.51. The van der Waals surface area contributed by atoms with Gasteiger partial charge in [0, 0.05) is 5.69 Å². The number of amides is 3. The van der Waals surface area contributed by atoms with E-state index in [4.69, 9.17) is 11.6 Å². The molecule has 2 atom stereocenters. The Kier molecular flexibility index (Phi) is 8.22. The van der Waals surface area contributed by atoms with Crippen LogP contribution in [0.5, 0.6) is 0 Å². The van der Waals surface area contributed by atoms with E-state index in [1.165, 1.54) is 0 Å². The van der Waals surface area contributed by atoms with E-state index >= 15 is 0 Å². The molecule has 0 aliphatic carbocycles. The number of benzene rings is 3. The van der Waals surface area contributed by atoms with Crippen molar-refractivity contribution >= 4 is 35.0 Å². The average molecular weight is 464 g/mol. The summed E-state index contributed by atoms with van der Waals surface area (Å²) < 4.78 is 0. The quantitative estimate of drug-likeness (QED) is 0.456. The molecule has 3 rings (SSSR count). The van der Waals surface area contributed by atoms with Crippen LogP contribution in [0.4, 0.5) is 5.69 Å². The molecule has 2 unspecified atom stereocenters. The van der Waals surface area contributed by atoms with Gasteiger partial charge in [0.2, 0.25) is 5.91 Å². The van der Waals surface area contributed by atoms with Gasteiger partial charge in [-0.05, 0) is 35.7 Å². The minimum atomic E-state index is -0.947. The van der Waals surface area contributed by atoms with E-state index in [0.717, 1.165) is 0 Å². The number of rotatable bonds is 8. The summed E-state index contributed by atoms with van der Waals surface area (Å²) in [6.45, 7) is 3.64. The third-order valence-corrected chi connectivity index (χ3v) is 5.41. The van der Waals surface area contributed by atoms with Gasteiger partial charge < -0.3 is 16.0 Å². The molecule has 3 aromatic rings. The lowest BCUT2D eigenvalue weighted by molar-refractivity contribution is -0.128. The Balaban J connectivity index is 1.81.